The molecule has 1 saturated heterocycles. The molecule has 0 aromatic heterocycles. The number of amides is 4. The molecule has 1 aromatic rings. The van der Waals surface area contributed by atoms with Crippen LogP contribution in [0.1, 0.15) is 40.2 Å². The number of nitrogens with one attached hydrogen (secondary N) is 3. The number of hydrogen-bond donors (Lipinski definition) is 3. The predicted octanol–water partition coefficient (Wildman–Crippen LogP) is 1.79. The summed E-state index contributed by atoms with van der Waals surface area (Å²) >= 11 is 0. The van der Waals surface area contributed by atoms with E-state index in [2.05, 4.69) is 16.0 Å². The van der Waals surface area contributed by atoms with Crippen LogP contribution in [0.2, 0.25) is 0 Å². The van der Waals surface area contributed by atoms with Gasteiger partial charge in [-0.15, -0.1) is 0 Å². The number of fused-ring (bicyclic) bond motifs is 1. The molecule has 10 heteroatoms. The van der Waals surface area contributed by atoms with E-state index in [9.17, 15) is 19.2 Å². The van der Waals surface area contributed by atoms with Crippen LogP contribution in [0.3, 0.4) is 0 Å². The number of hydrogen-bond acceptors (Lipinski definition) is 6. The van der Waals surface area contributed by atoms with Crippen molar-refractivity contribution in [2.75, 3.05) is 13.1 Å². The highest BCUT2D eigenvalue weighted by Crippen LogP contribution is 2.45. The van der Waals surface area contributed by atoms with Crippen LogP contribution in [0.5, 0.6) is 0 Å². The molecule has 1 aliphatic carbocycles. The van der Waals surface area contributed by atoms with Gasteiger partial charge in [0, 0.05) is 31.0 Å². The van der Waals surface area contributed by atoms with Crippen LogP contribution in [0, 0.1) is 11.8 Å². The molecule has 0 bridgehead atoms. The fourth-order valence-electron chi connectivity index (χ4n) is 3.94. The molecule has 3 rings (SSSR count). The van der Waals surface area contributed by atoms with Crippen molar-refractivity contribution in [2.45, 2.75) is 65.0 Å². The van der Waals surface area contributed by atoms with Crippen molar-refractivity contribution in [1.29, 1.82) is 0 Å². The number of carbonyl (C=O) groups excluding carboxylic acids is 4. The zero-order chi connectivity index (χ0) is 25.0. The Balaban J connectivity index is 1.35. The van der Waals surface area contributed by atoms with E-state index in [1.54, 1.807) is 32.6 Å². The molecule has 2 fully saturated rings. The largest absolute Gasteiger partial charge is 0.445 e. The Hall–Kier alpha value is -3.30. The van der Waals surface area contributed by atoms with Crippen molar-refractivity contribution in [2.24, 2.45) is 11.8 Å². The predicted molar refractivity (Wildman–Crippen MR) is 124 cm³/mol. The second-order valence-corrected chi connectivity index (χ2v) is 9.91. The van der Waals surface area contributed by atoms with Crippen molar-refractivity contribution >= 4 is 24.0 Å². The van der Waals surface area contributed by atoms with Gasteiger partial charge in [0.1, 0.15) is 24.3 Å². The highest BCUT2D eigenvalue weighted by molar-refractivity contribution is 5.91. The summed E-state index contributed by atoms with van der Waals surface area (Å²) in [5.41, 5.74) is 0.251. The Labute approximate surface area is 199 Å². The fraction of sp³-hybridized carbons (Fsp3) is 0.583. The normalized spacial score (nSPS) is 22.6. The van der Waals surface area contributed by atoms with Gasteiger partial charge in [0.15, 0.2) is 0 Å². The minimum Gasteiger partial charge on any atom is -0.445 e. The summed E-state index contributed by atoms with van der Waals surface area (Å²) in [6, 6.07) is 7.82. The summed E-state index contributed by atoms with van der Waals surface area (Å²) in [5, 5.41) is 7.99. The molecule has 4 amide bonds. The molecule has 1 aliphatic heterocycles. The number of carbonyl (C=O) groups is 4. The zero-order valence-corrected chi connectivity index (χ0v) is 20.3. The molecule has 10 nitrogen and oxygen atoms in total. The lowest BCUT2D eigenvalue weighted by Crippen LogP contribution is -2.53. The third-order valence-electron chi connectivity index (χ3n) is 5.84. The molecule has 1 heterocycles. The highest BCUT2D eigenvalue weighted by Gasteiger charge is 2.58. The highest BCUT2D eigenvalue weighted by atomic mass is 16.6. The van der Waals surface area contributed by atoms with E-state index in [1.165, 1.54) is 6.92 Å². The first-order valence-electron chi connectivity index (χ1n) is 11.5. The molecule has 1 saturated carbocycles. The van der Waals surface area contributed by atoms with Gasteiger partial charge in [0.25, 0.3) is 0 Å². The molecule has 34 heavy (non-hydrogen) atoms. The van der Waals surface area contributed by atoms with Gasteiger partial charge < -0.3 is 30.3 Å². The summed E-state index contributed by atoms with van der Waals surface area (Å²) in [6.07, 6.45) is -1.06. The Morgan fingerprint density at radius 3 is 2.15 bits per heavy atom. The fourth-order valence-corrected chi connectivity index (χ4v) is 3.94. The topological polar surface area (TPSA) is 126 Å². The van der Waals surface area contributed by atoms with Crippen molar-refractivity contribution < 1.29 is 28.7 Å². The van der Waals surface area contributed by atoms with Crippen molar-refractivity contribution in [3.63, 3.8) is 0 Å². The van der Waals surface area contributed by atoms with Crippen molar-refractivity contribution in [1.82, 2.24) is 20.9 Å². The molecule has 1 aromatic carbocycles. The van der Waals surface area contributed by atoms with E-state index in [4.69, 9.17) is 9.47 Å². The van der Waals surface area contributed by atoms with E-state index in [0.29, 0.717) is 13.1 Å². The molecular formula is C24H34N4O6. The van der Waals surface area contributed by atoms with Gasteiger partial charge in [0.05, 0.1) is 0 Å². The number of nitrogens with zero attached hydrogens (tertiary/aromatic N) is 1. The lowest BCUT2D eigenvalue weighted by Gasteiger charge is -2.23. The number of piperidine rings is 1. The van der Waals surface area contributed by atoms with Crippen LogP contribution in [0.4, 0.5) is 9.59 Å². The standard InChI is InChI=1S/C24H34N4O6/c1-14(25-20(29)15(2)26-22(31)34-24(3,4)5)21(30)27-19-17-11-28(12-18(17)19)23(32)33-13-16-9-7-6-8-10-16/h6-10,14-15,17-19H,11-13H2,1-5H3,(H,25,29)(H,26,31)(H,27,30)/t14-,15-,17-,18+,19?/m0/s1. The monoisotopic (exact) mass is 474 g/mol. The molecule has 0 spiro atoms. The zero-order valence-electron chi connectivity index (χ0n) is 20.3. The molecule has 1 unspecified atom stereocenters. The second kappa shape index (κ2) is 10.3. The van der Waals surface area contributed by atoms with Crippen LogP contribution in [0.25, 0.3) is 0 Å². The maximum atomic E-state index is 12.5. The van der Waals surface area contributed by atoms with Gasteiger partial charge >= 0.3 is 12.2 Å². The van der Waals surface area contributed by atoms with Gasteiger partial charge in [-0.1, -0.05) is 30.3 Å². The quantitative estimate of drug-likeness (QED) is 0.553. The third-order valence-corrected chi connectivity index (χ3v) is 5.84. The summed E-state index contributed by atoms with van der Waals surface area (Å²) in [7, 11) is 0. The van der Waals surface area contributed by atoms with Gasteiger partial charge in [0.2, 0.25) is 11.8 Å². The molecule has 186 valence electrons. The lowest BCUT2D eigenvalue weighted by atomic mass is 10.2. The van der Waals surface area contributed by atoms with E-state index >= 15 is 0 Å². The van der Waals surface area contributed by atoms with Crippen LogP contribution in [-0.4, -0.2) is 65.7 Å². The minimum atomic E-state index is -0.860. The maximum Gasteiger partial charge on any atom is 0.410 e. The summed E-state index contributed by atoms with van der Waals surface area (Å²) < 4.78 is 10.5. The van der Waals surface area contributed by atoms with Crippen molar-refractivity contribution in [3.8, 4) is 0 Å². The maximum absolute atomic E-state index is 12.5. The van der Waals surface area contributed by atoms with Crippen LogP contribution in [-0.2, 0) is 25.7 Å². The van der Waals surface area contributed by atoms with E-state index in [1.807, 2.05) is 30.3 Å². The number of rotatable bonds is 7. The van der Waals surface area contributed by atoms with E-state index < -0.39 is 29.7 Å². The van der Waals surface area contributed by atoms with E-state index in [0.717, 1.165) is 5.56 Å². The lowest BCUT2D eigenvalue weighted by molar-refractivity contribution is -0.129. The average molecular weight is 475 g/mol. The molecule has 0 radical (unpaired) electrons. The van der Waals surface area contributed by atoms with Crippen LogP contribution < -0.4 is 16.0 Å². The Morgan fingerprint density at radius 2 is 1.56 bits per heavy atom. The number of alkyl carbamates (subject to hydrolysis) is 1. The number of benzene rings is 1. The van der Waals surface area contributed by atoms with Gasteiger partial charge in [-0.3, -0.25) is 9.59 Å². The summed E-state index contributed by atoms with van der Waals surface area (Å²) in [5.74, 6) is -0.431. The third kappa shape index (κ3) is 6.85. The summed E-state index contributed by atoms with van der Waals surface area (Å²) in [4.78, 5) is 50.6. The van der Waals surface area contributed by atoms with Gasteiger partial charge in [-0.25, -0.2) is 9.59 Å². The second-order valence-electron chi connectivity index (χ2n) is 9.91. The molecule has 3 N–H and O–H groups in total. The first-order valence-corrected chi connectivity index (χ1v) is 11.5. The molecule has 5 atom stereocenters. The van der Waals surface area contributed by atoms with Crippen molar-refractivity contribution in [3.05, 3.63) is 35.9 Å². The molecule has 2 aliphatic rings. The first-order chi connectivity index (χ1) is 15.9. The summed E-state index contributed by atoms with van der Waals surface area (Å²) in [6.45, 7) is 9.56. The molecular weight excluding hydrogens is 440 g/mol. The van der Waals surface area contributed by atoms with Gasteiger partial charge in [-0.05, 0) is 40.2 Å². The Morgan fingerprint density at radius 1 is 0.971 bits per heavy atom. The Kier molecular flexibility index (Phi) is 7.68. The van der Waals surface area contributed by atoms with Gasteiger partial charge in [-0.2, -0.15) is 0 Å². The van der Waals surface area contributed by atoms with Crippen LogP contribution in [0.15, 0.2) is 30.3 Å². The Bertz CT molecular complexity index is 904. The number of likely N-dealkylation sites (tertiary alicyclic amines) is 1. The number of ether oxygens (including phenoxy) is 2. The van der Waals surface area contributed by atoms with Crippen LogP contribution >= 0.6 is 0 Å². The minimum absolute atomic E-state index is 0.0256. The van der Waals surface area contributed by atoms with E-state index in [-0.39, 0.29) is 36.5 Å². The first kappa shape index (κ1) is 25.3. The smallest absolute Gasteiger partial charge is 0.410 e. The average Bonchev–Trinajstić information content (AvgIpc) is 3.18. The SMILES string of the molecule is C[C@H](NC(=O)OC(C)(C)C)C(=O)N[C@@H](C)C(=O)NC1[C@H]2CN(C(=O)OCc3ccccc3)C[C@@H]12.